The van der Waals surface area contributed by atoms with Crippen LogP contribution in [0, 0.1) is 0 Å². The molecule has 0 aromatic heterocycles. The Kier molecular flexibility index (Phi) is 37.8. The van der Waals surface area contributed by atoms with Crippen LogP contribution in [0.15, 0.2) is 0 Å². The number of aldehydes is 1. The summed E-state index contributed by atoms with van der Waals surface area (Å²) < 4.78 is 15.3. The van der Waals surface area contributed by atoms with Gasteiger partial charge in [-0.2, -0.15) is 0 Å². The second-order valence-corrected chi connectivity index (χ2v) is 2.57. The highest BCUT2D eigenvalue weighted by atomic mass is 16.5. The van der Waals surface area contributed by atoms with E-state index in [1.165, 1.54) is 0 Å². The van der Waals surface area contributed by atoms with E-state index in [1.54, 1.807) is 0 Å². The van der Waals surface area contributed by atoms with Crippen molar-refractivity contribution in [1.82, 2.24) is 5.32 Å². The molecule has 5 nitrogen and oxygen atoms in total. The first-order valence-electron chi connectivity index (χ1n) is 6.73. The average Bonchev–Trinajstić information content (AvgIpc) is 2.45. The van der Waals surface area contributed by atoms with Crippen molar-refractivity contribution >= 4 is 6.29 Å². The summed E-state index contributed by atoms with van der Waals surface area (Å²) >= 11 is 0. The molecule has 0 spiro atoms. The number of carbonyl (C=O) groups excluding carboxylic acids is 1. The van der Waals surface area contributed by atoms with Gasteiger partial charge in [0.15, 0.2) is 0 Å². The highest BCUT2D eigenvalue weighted by Crippen LogP contribution is 1.79. The summed E-state index contributed by atoms with van der Waals surface area (Å²) in [6.07, 6.45) is 0.723. The van der Waals surface area contributed by atoms with E-state index in [1.807, 2.05) is 34.7 Å². The first-order valence-corrected chi connectivity index (χ1v) is 6.73. The lowest BCUT2D eigenvalue weighted by atomic mass is 10.6. The van der Waals surface area contributed by atoms with Crippen molar-refractivity contribution in [2.45, 2.75) is 27.7 Å². The molecule has 0 rings (SSSR count). The second-order valence-electron chi connectivity index (χ2n) is 2.57. The minimum absolute atomic E-state index is 0.141. The van der Waals surface area contributed by atoms with Crippen molar-refractivity contribution in [2.24, 2.45) is 0 Å². The fraction of sp³-hybridized carbons (Fsp3) is 0.923. The van der Waals surface area contributed by atoms with E-state index in [0.717, 1.165) is 12.8 Å². The fourth-order valence-electron chi connectivity index (χ4n) is 0.746. The van der Waals surface area contributed by atoms with Gasteiger partial charge in [-0.05, 0) is 7.05 Å². The predicted octanol–water partition coefficient (Wildman–Crippen LogP) is 1.51. The molecule has 0 aliphatic carbocycles. The van der Waals surface area contributed by atoms with Crippen LogP contribution in [0.25, 0.3) is 0 Å². The van der Waals surface area contributed by atoms with E-state index >= 15 is 0 Å². The second kappa shape index (κ2) is 30.0. The summed E-state index contributed by atoms with van der Waals surface area (Å²) in [6, 6.07) is 0. The van der Waals surface area contributed by atoms with Crippen LogP contribution in [-0.4, -0.2) is 59.5 Å². The molecule has 1 N–H and O–H groups in total. The minimum Gasteiger partial charge on any atom is -0.378 e. The van der Waals surface area contributed by atoms with Crippen LogP contribution in [0.4, 0.5) is 0 Å². The van der Waals surface area contributed by atoms with Crippen molar-refractivity contribution in [3.63, 3.8) is 0 Å². The molecule has 0 aromatic rings. The van der Waals surface area contributed by atoms with Gasteiger partial charge in [-0.1, -0.05) is 27.7 Å². The number of rotatable bonds is 11. The molecule has 0 bridgehead atoms. The number of hydrogen-bond acceptors (Lipinski definition) is 5. The molecule has 0 saturated carbocycles. The van der Waals surface area contributed by atoms with E-state index in [2.05, 4.69) is 5.32 Å². The third-order valence-corrected chi connectivity index (χ3v) is 1.43. The van der Waals surface area contributed by atoms with E-state index in [9.17, 15) is 4.79 Å². The molecule has 0 atom stereocenters. The van der Waals surface area contributed by atoms with Gasteiger partial charge in [-0.3, -0.25) is 0 Å². The highest BCUT2D eigenvalue weighted by Gasteiger charge is 1.90. The maximum Gasteiger partial charge on any atom is 0.145 e. The molecule has 0 aromatic carbocycles. The zero-order chi connectivity index (χ0) is 14.5. The van der Waals surface area contributed by atoms with E-state index < -0.39 is 0 Å². The van der Waals surface area contributed by atoms with E-state index in [0.29, 0.717) is 33.0 Å². The molecule has 0 amide bonds. The average molecular weight is 265 g/mol. The number of hydrogen-bond donors (Lipinski definition) is 1. The van der Waals surface area contributed by atoms with Gasteiger partial charge >= 0.3 is 0 Å². The first kappa shape index (κ1) is 22.7. The molecule has 0 aliphatic rings. The third-order valence-electron chi connectivity index (χ3n) is 1.43. The lowest BCUT2D eigenvalue weighted by molar-refractivity contribution is -0.112. The minimum atomic E-state index is 0.141. The molecule has 0 unspecified atom stereocenters. The Morgan fingerprint density at radius 2 is 1.28 bits per heavy atom. The van der Waals surface area contributed by atoms with Crippen LogP contribution in [0.5, 0.6) is 0 Å². The molecule has 0 heterocycles. The van der Waals surface area contributed by atoms with Gasteiger partial charge in [0.25, 0.3) is 0 Å². The topological polar surface area (TPSA) is 56.8 Å². The Bertz CT molecular complexity index is 124. The van der Waals surface area contributed by atoms with Crippen molar-refractivity contribution in [3.05, 3.63) is 0 Å². The van der Waals surface area contributed by atoms with Gasteiger partial charge in [-0.25, -0.2) is 0 Å². The fourth-order valence-corrected chi connectivity index (χ4v) is 0.746. The van der Waals surface area contributed by atoms with Gasteiger partial charge in [0.05, 0.1) is 33.0 Å². The monoisotopic (exact) mass is 265 g/mol. The van der Waals surface area contributed by atoms with Crippen LogP contribution in [-0.2, 0) is 19.0 Å². The van der Waals surface area contributed by atoms with E-state index in [4.69, 9.17) is 14.2 Å². The number of likely N-dealkylation sites (N-methyl/N-ethyl adjacent to an activating group) is 1. The Balaban J connectivity index is -0.000000506. The molecule has 0 saturated heterocycles. The van der Waals surface area contributed by atoms with Crippen LogP contribution >= 0.6 is 0 Å². The van der Waals surface area contributed by atoms with Gasteiger partial charge in [0.2, 0.25) is 0 Å². The Morgan fingerprint density at radius 3 is 1.72 bits per heavy atom. The molecule has 112 valence electrons. The zero-order valence-electron chi connectivity index (χ0n) is 12.7. The van der Waals surface area contributed by atoms with Crippen LogP contribution in [0.3, 0.4) is 0 Å². The van der Waals surface area contributed by atoms with Gasteiger partial charge in [0.1, 0.15) is 12.9 Å². The smallest absolute Gasteiger partial charge is 0.145 e. The zero-order valence-corrected chi connectivity index (χ0v) is 12.7. The molecule has 0 aliphatic heterocycles. The third kappa shape index (κ3) is 29.6. The molecule has 18 heavy (non-hydrogen) atoms. The maximum atomic E-state index is 9.85. The van der Waals surface area contributed by atoms with Crippen molar-refractivity contribution in [3.8, 4) is 0 Å². The SMILES string of the molecule is CC.CC.CNCCOCCOCCOCC=O. The summed E-state index contributed by atoms with van der Waals surface area (Å²) in [7, 11) is 1.88. The number of nitrogens with one attached hydrogen (secondary N) is 1. The summed E-state index contributed by atoms with van der Waals surface area (Å²) in [6.45, 7) is 11.8. The summed E-state index contributed by atoms with van der Waals surface area (Å²) in [4.78, 5) is 9.85. The van der Waals surface area contributed by atoms with Crippen molar-refractivity contribution < 1.29 is 19.0 Å². The molecule has 5 heteroatoms. The lowest BCUT2D eigenvalue weighted by Gasteiger charge is -2.05. The number of ether oxygens (including phenoxy) is 3. The molecule has 0 radical (unpaired) electrons. The maximum absolute atomic E-state index is 9.85. The highest BCUT2D eigenvalue weighted by molar-refractivity contribution is 5.50. The largest absolute Gasteiger partial charge is 0.378 e. The van der Waals surface area contributed by atoms with Crippen LogP contribution < -0.4 is 5.32 Å². The Labute approximate surface area is 112 Å². The van der Waals surface area contributed by atoms with Crippen LogP contribution in [0.1, 0.15) is 27.7 Å². The lowest BCUT2D eigenvalue weighted by Crippen LogP contribution is -2.16. The first-order chi connectivity index (χ1) is 8.91. The van der Waals surface area contributed by atoms with E-state index in [-0.39, 0.29) is 6.61 Å². The standard InChI is InChI=1S/C9H19NO4.2C2H6/c1-10-2-4-12-6-8-14-9-7-13-5-3-11;2*1-2/h3,10H,2,4-9H2,1H3;2*1-2H3. The Hall–Kier alpha value is -0.490. The quantitative estimate of drug-likeness (QED) is 0.453. The van der Waals surface area contributed by atoms with Crippen molar-refractivity contribution in [2.75, 3.05) is 53.2 Å². The van der Waals surface area contributed by atoms with Gasteiger partial charge < -0.3 is 24.3 Å². The summed E-state index contributed by atoms with van der Waals surface area (Å²) in [5.41, 5.74) is 0. The Morgan fingerprint density at radius 1 is 0.833 bits per heavy atom. The molecular formula is C13H31NO4. The van der Waals surface area contributed by atoms with Gasteiger partial charge in [0, 0.05) is 6.54 Å². The summed E-state index contributed by atoms with van der Waals surface area (Å²) in [5.74, 6) is 0. The normalized spacial score (nSPS) is 8.72. The number of carbonyl (C=O) groups is 1. The molecular weight excluding hydrogens is 234 g/mol. The predicted molar refractivity (Wildman–Crippen MR) is 75.1 cm³/mol. The van der Waals surface area contributed by atoms with Crippen LogP contribution in [0.2, 0.25) is 0 Å². The molecule has 0 fully saturated rings. The summed E-state index contributed by atoms with van der Waals surface area (Å²) in [5, 5.41) is 2.97. The van der Waals surface area contributed by atoms with Crippen molar-refractivity contribution in [1.29, 1.82) is 0 Å². The van der Waals surface area contributed by atoms with Gasteiger partial charge in [-0.15, -0.1) is 0 Å².